The lowest BCUT2D eigenvalue weighted by atomic mass is 10.2. The van der Waals surface area contributed by atoms with Gasteiger partial charge in [-0.05, 0) is 29.8 Å². The highest BCUT2D eigenvalue weighted by molar-refractivity contribution is 5.90. The molecule has 0 radical (unpaired) electrons. The minimum Gasteiger partial charge on any atom is -0.486 e. The number of hydrogen-bond acceptors (Lipinski definition) is 4. The summed E-state index contributed by atoms with van der Waals surface area (Å²) in [6.45, 7) is 1.24. The standard InChI is InChI=1S/C18H16O4/c19-18(22-10-4-7-14-5-2-1-3-6-14)15-8-9-16-17(13-15)21-12-11-20-16/h1-9,13H,10-12H2/b7-4+. The summed E-state index contributed by atoms with van der Waals surface area (Å²) in [7, 11) is 0. The molecule has 4 nitrogen and oxygen atoms in total. The van der Waals surface area contributed by atoms with Gasteiger partial charge in [0.2, 0.25) is 0 Å². The van der Waals surface area contributed by atoms with Gasteiger partial charge in [0.15, 0.2) is 11.5 Å². The van der Waals surface area contributed by atoms with Gasteiger partial charge in [-0.3, -0.25) is 0 Å². The molecule has 1 aliphatic rings. The summed E-state index contributed by atoms with van der Waals surface area (Å²) in [6, 6.07) is 14.9. The van der Waals surface area contributed by atoms with E-state index in [9.17, 15) is 4.79 Å². The van der Waals surface area contributed by atoms with E-state index in [2.05, 4.69) is 0 Å². The van der Waals surface area contributed by atoms with Crippen molar-refractivity contribution >= 4 is 12.0 Å². The molecule has 0 N–H and O–H groups in total. The van der Waals surface area contributed by atoms with Crippen LogP contribution >= 0.6 is 0 Å². The first kappa shape index (κ1) is 14.2. The van der Waals surface area contributed by atoms with Crippen LogP contribution in [0.25, 0.3) is 6.08 Å². The molecule has 4 heteroatoms. The van der Waals surface area contributed by atoms with Crippen LogP contribution in [0.2, 0.25) is 0 Å². The van der Waals surface area contributed by atoms with Crippen LogP contribution in [0.3, 0.4) is 0 Å². The Labute approximate surface area is 128 Å². The Morgan fingerprint density at radius 3 is 2.64 bits per heavy atom. The molecule has 0 atom stereocenters. The van der Waals surface area contributed by atoms with Crippen molar-refractivity contribution in [3.05, 3.63) is 65.7 Å². The Morgan fingerprint density at radius 2 is 1.82 bits per heavy atom. The van der Waals surface area contributed by atoms with E-state index in [1.54, 1.807) is 18.2 Å². The van der Waals surface area contributed by atoms with Gasteiger partial charge in [0.05, 0.1) is 5.56 Å². The van der Waals surface area contributed by atoms with Gasteiger partial charge in [0.25, 0.3) is 0 Å². The Bertz CT molecular complexity index is 677. The Hall–Kier alpha value is -2.75. The first-order chi connectivity index (χ1) is 10.8. The van der Waals surface area contributed by atoms with Gasteiger partial charge in [-0.25, -0.2) is 4.79 Å². The van der Waals surface area contributed by atoms with Gasteiger partial charge in [0, 0.05) is 0 Å². The number of esters is 1. The molecule has 2 aromatic rings. The molecule has 0 unspecified atom stereocenters. The third kappa shape index (κ3) is 3.47. The van der Waals surface area contributed by atoms with Crippen molar-refractivity contribution < 1.29 is 19.0 Å². The molecule has 1 heterocycles. The molecule has 3 rings (SSSR count). The lowest BCUT2D eigenvalue weighted by molar-refractivity contribution is 0.0549. The van der Waals surface area contributed by atoms with Crippen molar-refractivity contribution in [2.24, 2.45) is 0 Å². The van der Waals surface area contributed by atoms with Gasteiger partial charge in [-0.1, -0.05) is 36.4 Å². The minimum absolute atomic E-state index is 0.224. The van der Waals surface area contributed by atoms with Gasteiger partial charge in [-0.2, -0.15) is 0 Å². The molecule has 0 aromatic heterocycles. The number of ether oxygens (including phenoxy) is 3. The molecule has 0 amide bonds. The molecule has 22 heavy (non-hydrogen) atoms. The number of rotatable bonds is 4. The van der Waals surface area contributed by atoms with Crippen LogP contribution < -0.4 is 9.47 Å². The van der Waals surface area contributed by atoms with Crippen molar-refractivity contribution in [1.29, 1.82) is 0 Å². The van der Waals surface area contributed by atoms with Crippen LogP contribution in [0, 0.1) is 0 Å². The maximum Gasteiger partial charge on any atom is 0.338 e. The number of carbonyl (C=O) groups excluding carboxylic acids is 1. The number of benzene rings is 2. The van der Waals surface area contributed by atoms with Crippen molar-refractivity contribution in [2.75, 3.05) is 19.8 Å². The second-order valence-electron chi connectivity index (χ2n) is 4.77. The predicted octanol–water partition coefficient (Wildman–Crippen LogP) is 3.33. The largest absolute Gasteiger partial charge is 0.486 e. The second kappa shape index (κ2) is 6.80. The van der Waals surface area contributed by atoms with E-state index in [-0.39, 0.29) is 12.6 Å². The molecular weight excluding hydrogens is 280 g/mol. The molecule has 0 saturated carbocycles. The molecular formula is C18H16O4. The van der Waals surface area contributed by atoms with E-state index >= 15 is 0 Å². The normalized spacial score (nSPS) is 13.1. The Morgan fingerprint density at radius 1 is 1.05 bits per heavy atom. The summed E-state index contributed by atoms with van der Waals surface area (Å²) in [4.78, 5) is 12.0. The first-order valence-corrected chi connectivity index (χ1v) is 7.11. The zero-order chi connectivity index (χ0) is 15.2. The topological polar surface area (TPSA) is 44.8 Å². The summed E-state index contributed by atoms with van der Waals surface area (Å²) in [5.74, 6) is 0.863. The lowest BCUT2D eigenvalue weighted by Crippen LogP contribution is -2.16. The monoisotopic (exact) mass is 296 g/mol. The highest BCUT2D eigenvalue weighted by Crippen LogP contribution is 2.30. The van der Waals surface area contributed by atoms with Crippen LogP contribution in [0.4, 0.5) is 0 Å². The molecule has 0 bridgehead atoms. The molecule has 2 aromatic carbocycles. The third-order valence-electron chi connectivity index (χ3n) is 3.20. The van der Waals surface area contributed by atoms with Gasteiger partial charge >= 0.3 is 5.97 Å². The maximum atomic E-state index is 12.0. The van der Waals surface area contributed by atoms with Crippen molar-refractivity contribution in [3.8, 4) is 11.5 Å². The zero-order valence-electron chi connectivity index (χ0n) is 12.0. The fraction of sp³-hybridized carbons (Fsp3) is 0.167. The predicted molar refractivity (Wildman–Crippen MR) is 83.2 cm³/mol. The molecule has 112 valence electrons. The van der Waals surface area contributed by atoms with Crippen LogP contribution in [0.1, 0.15) is 15.9 Å². The van der Waals surface area contributed by atoms with E-state index < -0.39 is 0 Å². The third-order valence-corrected chi connectivity index (χ3v) is 3.20. The summed E-state index contributed by atoms with van der Waals surface area (Å²) >= 11 is 0. The van der Waals surface area contributed by atoms with Crippen LogP contribution in [-0.2, 0) is 4.74 Å². The van der Waals surface area contributed by atoms with Gasteiger partial charge < -0.3 is 14.2 Å². The van der Waals surface area contributed by atoms with Crippen molar-refractivity contribution in [2.45, 2.75) is 0 Å². The fourth-order valence-electron chi connectivity index (χ4n) is 2.13. The van der Waals surface area contributed by atoms with Gasteiger partial charge in [-0.15, -0.1) is 0 Å². The van der Waals surface area contributed by atoms with E-state index in [1.807, 2.05) is 42.5 Å². The first-order valence-electron chi connectivity index (χ1n) is 7.11. The van der Waals surface area contributed by atoms with E-state index in [0.29, 0.717) is 30.3 Å². The highest BCUT2D eigenvalue weighted by atomic mass is 16.6. The van der Waals surface area contributed by atoms with Crippen LogP contribution in [-0.4, -0.2) is 25.8 Å². The molecule has 0 aliphatic carbocycles. The average molecular weight is 296 g/mol. The van der Waals surface area contributed by atoms with Crippen LogP contribution in [0.15, 0.2) is 54.6 Å². The summed E-state index contributed by atoms with van der Waals surface area (Å²) in [5.41, 5.74) is 1.52. The maximum absolute atomic E-state index is 12.0. The second-order valence-corrected chi connectivity index (χ2v) is 4.77. The van der Waals surface area contributed by atoms with E-state index in [0.717, 1.165) is 5.56 Å². The quantitative estimate of drug-likeness (QED) is 0.812. The Balaban J connectivity index is 1.57. The van der Waals surface area contributed by atoms with E-state index in [1.165, 1.54) is 0 Å². The Kier molecular flexibility index (Phi) is 4.39. The lowest BCUT2D eigenvalue weighted by Gasteiger charge is -2.18. The van der Waals surface area contributed by atoms with Crippen molar-refractivity contribution in [1.82, 2.24) is 0 Å². The summed E-state index contributed by atoms with van der Waals surface area (Å²) in [5, 5.41) is 0. The summed E-state index contributed by atoms with van der Waals surface area (Å²) < 4.78 is 16.1. The highest BCUT2D eigenvalue weighted by Gasteiger charge is 2.15. The van der Waals surface area contributed by atoms with E-state index in [4.69, 9.17) is 14.2 Å². The number of carbonyl (C=O) groups is 1. The minimum atomic E-state index is -0.380. The van der Waals surface area contributed by atoms with Crippen LogP contribution in [0.5, 0.6) is 11.5 Å². The van der Waals surface area contributed by atoms with Gasteiger partial charge in [0.1, 0.15) is 19.8 Å². The SMILES string of the molecule is O=C(OC/C=C/c1ccccc1)c1ccc2c(c1)OCCO2. The fourth-order valence-corrected chi connectivity index (χ4v) is 2.13. The number of hydrogen-bond donors (Lipinski definition) is 0. The molecule has 0 fully saturated rings. The summed E-state index contributed by atoms with van der Waals surface area (Å²) in [6.07, 6.45) is 3.72. The molecule has 0 saturated heterocycles. The average Bonchev–Trinajstić information content (AvgIpc) is 2.59. The molecule has 1 aliphatic heterocycles. The molecule has 0 spiro atoms. The van der Waals surface area contributed by atoms with Crippen molar-refractivity contribution in [3.63, 3.8) is 0 Å². The smallest absolute Gasteiger partial charge is 0.338 e. The zero-order valence-corrected chi connectivity index (χ0v) is 12.0. The number of fused-ring (bicyclic) bond motifs is 1.